The highest BCUT2D eigenvalue weighted by Gasteiger charge is 2.15. The van der Waals surface area contributed by atoms with Crippen molar-refractivity contribution in [1.29, 1.82) is 0 Å². The molecule has 158 valence electrons. The third-order valence-corrected chi connectivity index (χ3v) is 6.99. The third-order valence-electron chi connectivity index (χ3n) is 4.40. The predicted octanol–water partition coefficient (Wildman–Crippen LogP) is 4.16. The number of fused-ring (bicyclic) bond motifs is 1. The number of nitrogens with zero attached hydrogens (tertiary/aromatic N) is 1. The average Bonchev–Trinajstić information content (AvgIpc) is 3.03. The Kier molecular flexibility index (Phi) is 5.81. The van der Waals surface area contributed by atoms with Crippen molar-refractivity contribution in [1.82, 2.24) is 4.57 Å². The highest BCUT2D eigenvalue weighted by atomic mass is 35.5. The van der Waals surface area contributed by atoms with E-state index < -0.39 is 15.9 Å². The Labute approximate surface area is 187 Å². The van der Waals surface area contributed by atoms with Crippen LogP contribution in [0.2, 0.25) is 5.02 Å². The van der Waals surface area contributed by atoms with E-state index in [-0.39, 0.29) is 16.3 Å². The summed E-state index contributed by atoms with van der Waals surface area (Å²) in [5.41, 5.74) is 1.46. The Hall–Kier alpha value is -3.14. The molecular formula is C21H16ClN3O4S2. The van der Waals surface area contributed by atoms with Gasteiger partial charge in [-0.1, -0.05) is 41.1 Å². The Morgan fingerprint density at radius 1 is 0.968 bits per heavy atom. The number of benzene rings is 3. The van der Waals surface area contributed by atoms with Crippen molar-refractivity contribution in [3.8, 4) is 0 Å². The summed E-state index contributed by atoms with van der Waals surface area (Å²) in [6.07, 6.45) is 0. The minimum absolute atomic E-state index is 0.0329. The fourth-order valence-corrected chi connectivity index (χ4v) is 5.12. The van der Waals surface area contributed by atoms with E-state index in [0.717, 1.165) is 16.0 Å². The van der Waals surface area contributed by atoms with E-state index in [1.54, 1.807) is 30.3 Å². The first-order valence-electron chi connectivity index (χ1n) is 9.08. The molecule has 0 aliphatic rings. The van der Waals surface area contributed by atoms with Crippen LogP contribution in [0.3, 0.4) is 0 Å². The number of para-hydroxylation sites is 1. The first kappa shape index (κ1) is 21.1. The zero-order valence-corrected chi connectivity index (χ0v) is 18.3. The smallest absolute Gasteiger partial charge is 0.308 e. The van der Waals surface area contributed by atoms with Crippen molar-refractivity contribution < 1.29 is 13.2 Å². The second-order valence-corrected chi connectivity index (χ2v) is 9.72. The van der Waals surface area contributed by atoms with Crippen LogP contribution in [0.1, 0.15) is 0 Å². The summed E-state index contributed by atoms with van der Waals surface area (Å²) in [7, 11) is -3.81. The van der Waals surface area contributed by atoms with Crippen molar-refractivity contribution in [3.05, 3.63) is 87.5 Å². The molecule has 1 amide bonds. The SMILES string of the molecule is O=C(Cn1c(=O)sc2ccccc21)Nc1ccc(S(=O)(=O)Nc2cccc(Cl)c2)cc1. The molecule has 3 aromatic carbocycles. The molecule has 4 aromatic rings. The molecule has 0 radical (unpaired) electrons. The van der Waals surface area contributed by atoms with Crippen molar-refractivity contribution in [2.45, 2.75) is 11.4 Å². The summed E-state index contributed by atoms with van der Waals surface area (Å²) in [5, 5.41) is 3.09. The van der Waals surface area contributed by atoms with Crippen LogP contribution in [-0.4, -0.2) is 18.9 Å². The van der Waals surface area contributed by atoms with Crippen LogP contribution in [0.5, 0.6) is 0 Å². The van der Waals surface area contributed by atoms with Gasteiger partial charge in [-0.2, -0.15) is 0 Å². The molecule has 0 saturated heterocycles. The van der Waals surface area contributed by atoms with Crippen LogP contribution >= 0.6 is 22.9 Å². The summed E-state index contributed by atoms with van der Waals surface area (Å²) in [6.45, 7) is -0.140. The van der Waals surface area contributed by atoms with Crippen LogP contribution in [0.4, 0.5) is 11.4 Å². The van der Waals surface area contributed by atoms with E-state index in [2.05, 4.69) is 10.0 Å². The predicted molar refractivity (Wildman–Crippen MR) is 123 cm³/mol. The highest BCUT2D eigenvalue weighted by Crippen LogP contribution is 2.21. The van der Waals surface area contributed by atoms with Gasteiger partial charge in [0, 0.05) is 10.7 Å². The Bertz CT molecular complexity index is 1430. The summed E-state index contributed by atoms with van der Waals surface area (Å²) < 4.78 is 29.7. The fraction of sp³-hybridized carbons (Fsp3) is 0.0476. The number of carbonyl (C=O) groups excluding carboxylic acids is 1. The second-order valence-electron chi connectivity index (χ2n) is 6.61. The van der Waals surface area contributed by atoms with E-state index in [1.165, 1.54) is 34.9 Å². The van der Waals surface area contributed by atoms with Gasteiger partial charge in [0.2, 0.25) is 5.91 Å². The molecule has 0 unspecified atom stereocenters. The first-order valence-corrected chi connectivity index (χ1v) is 11.8. The van der Waals surface area contributed by atoms with Crippen LogP contribution in [0.15, 0.2) is 82.5 Å². The molecule has 4 rings (SSSR count). The largest absolute Gasteiger partial charge is 0.325 e. The normalized spacial score (nSPS) is 11.4. The van der Waals surface area contributed by atoms with Crippen LogP contribution in [0.25, 0.3) is 10.2 Å². The van der Waals surface area contributed by atoms with Crippen molar-refractivity contribution >= 4 is 60.5 Å². The highest BCUT2D eigenvalue weighted by molar-refractivity contribution is 7.92. The minimum atomic E-state index is -3.81. The fourth-order valence-electron chi connectivity index (χ4n) is 2.99. The summed E-state index contributed by atoms with van der Waals surface area (Å²) >= 11 is 6.96. The van der Waals surface area contributed by atoms with Gasteiger partial charge in [-0.05, 0) is 54.6 Å². The van der Waals surface area contributed by atoms with E-state index in [0.29, 0.717) is 21.9 Å². The topological polar surface area (TPSA) is 97.3 Å². The molecule has 0 spiro atoms. The zero-order chi connectivity index (χ0) is 22.0. The molecule has 10 heteroatoms. The van der Waals surface area contributed by atoms with Crippen LogP contribution < -0.4 is 14.9 Å². The Morgan fingerprint density at radius 3 is 2.45 bits per heavy atom. The third kappa shape index (κ3) is 4.79. The quantitative estimate of drug-likeness (QED) is 0.439. The van der Waals surface area contributed by atoms with Crippen molar-refractivity contribution in [3.63, 3.8) is 0 Å². The standard InChI is InChI=1S/C21H16ClN3O4S2/c22-14-4-3-5-16(12-14)24-31(28,29)17-10-8-15(9-11-17)23-20(26)13-25-18-6-1-2-7-19(18)30-21(25)27/h1-12,24H,13H2,(H,23,26). The number of thiazole rings is 1. The number of rotatable bonds is 6. The van der Waals surface area contributed by atoms with Gasteiger partial charge in [0.15, 0.2) is 0 Å². The lowest BCUT2D eigenvalue weighted by molar-refractivity contribution is -0.116. The van der Waals surface area contributed by atoms with Gasteiger partial charge in [0.25, 0.3) is 10.0 Å². The van der Waals surface area contributed by atoms with E-state index in [1.807, 2.05) is 12.1 Å². The number of amides is 1. The van der Waals surface area contributed by atoms with E-state index in [4.69, 9.17) is 11.6 Å². The van der Waals surface area contributed by atoms with Crippen molar-refractivity contribution in [2.75, 3.05) is 10.0 Å². The Balaban J connectivity index is 1.46. The number of anilines is 2. The maximum Gasteiger partial charge on any atom is 0.308 e. The second kappa shape index (κ2) is 8.54. The molecule has 31 heavy (non-hydrogen) atoms. The van der Waals surface area contributed by atoms with E-state index in [9.17, 15) is 18.0 Å². The number of nitrogens with one attached hydrogen (secondary N) is 2. The Morgan fingerprint density at radius 2 is 1.71 bits per heavy atom. The minimum Gasteiger partial charge on any atom is -0.325 e. The number of sulfonamides is 1. The lowest BCUT2D eigenvalue weighted by Gasteiger charge is -2.10. The summed E-state index contributed by atoms with van der Waals surface area (Å²) in [6, 6.07) is 19.4. The van der Waals surface area contributed by atoms with Gasteiger partial charge in [-0.3, -0.25) is 18.9 Å². The number of carbonyl (C=O) groups is 1. The maximum absolute atomic E-state index is 12.5. The van der Waals surface area contributed by atoms with Gasteiger partial charge in [-0.25, -0.2) is 8.42 Å². The van der Waals surface area contributed by atoms with Gasteiger partial charge in [-0.15, -0.1) is 0 Å². The summed E-state index contributed by atoms with van der Waals surface area (Å²) in [5.74, 6) is -0.390. The molecule has 0 aliphatic heterocycles. The molecule has 1 aromatic heterocycles. The molecule has 7 nitrogen and oxygen atoms in total. The van der Waals surface area contributed by atoms with Gasteiger partial charge >= 0.3 is 4.87 Å². The molecular weight excluding hydrogens is 458 g/mol. The van der Waals surface area contributed by atoms with Gasteiger partial charge in [0.1, 0.15) is 6.54 Å². The van der Waals surface area contributed by atoms with Gasteiger partial charge in [0.05, 0.1) is 20.8 Å². The van der Waals surface area contributed by atoms with Crippen LogP contribution in [-0.2, 0) is 21.4 Å². The van der Waals surface area contributed by atoms with Crippen molar-refractivity contribution in [2.24, 2.45) is 0 Å². The van der Waals surface area contributed by atoms with E-state index >= 15 is 0 Å². The first-order chi connectivity index (χ1) is 14.8. The molecule has 0 bridgehead atoms. The van der Waals surface area contributed by atoms with Gasteiger partial charge < -0.3 is 5.32 Å². The molecule has 0 fully saturated rings. The average molecular weight is 474 g/mol. The lowest BCUT2D eigenvalue weighted by Crippen LogP contribution is -2.24. The maximum atomic E-state index is 12.5. The molecule has 0 saturated carbocycles. The summed E-state index contributed by atoms with van der Waals surface area (Å²) in [4.78, 5) is 24.4. The molecule has 1 heterocycles. The lowest BCUT2D eigenvalue weighted by atomic mass is 10.3. The molecule has 0 atom stereocenters. The monoisotopic (exact) mass is 473 g/mol. The zero-order valence-electron chi connectivity index (χ0n) is 15.9. The number of hydrogen-bond acceptors (Lipinski definition) is 5. The number of aromatic nitrogens is 1. The van der Waals surface area contributed by atoms with Crippen LogP contribution in [0, 0.1) is 0 Å². The molecule has 0 aliphatic carbocycles. The number of hydrogen-bond donors (Lipinski definition) is 2. The number of halogens is 1. The molecule has 2 N–H and O–H groups in total.